The minimum atomic E-state index is -4.38. The highest BCUT2D eigenvalue weighted by molar-refractivity contribution is 14.0. The maximum Gasteiger partial charge on any atom is 0.434 e. The smallest absolute Gasteiger partial charge is 0.354 e. The lowest BCUT2D eigenvalue weighted by atomic mass is 9.87. The molecule has 1 heterocycles. The lowest BCUT2D eigenvalue weighted by Gasteiger charge is -2.28. The normalized spacial score (nSPS) is 22.4. The molecule has 0 aromatic carbocycles. The fraction of sp³-hybridized carbons (Fsp3) is 0.714. The van der Waals surface area contributed by atoms with Crippen LogP contribution in [0.5, 0.6) is 0 Å². The van der Waals surface area contributed by atoms with E-state index in [1.807, 2.05) is 0 Å². The van der Waals surface area contributed by atoms with E-state index in [1.165, 1.54) is 12.8 Å². The number of alkyl halides is 3. The zero-order chi connectivity index (χ0) is 16.2. The Labute approximate surface area is 155 Å². The average molecular weight is 462 g/mol. The molecule has 2 N–H and O–H groups in total. The number of thiazole rings is 1. The zero-order valence-corrected chi connectivity index (χ0v) is 16.3. The van der Waals surface area contributed by atoms with Crippen molar-refractivity contribution < 1.29 is 13.2 Å². The Kier molecular flexibility index (Phi) is 8.05. The molecular formula is C14H22F3IN4S. The summed E-state index contributed by atoms with van der Waals surface area (Å²) in [4.78, 5) is 7.71. The SMILES string of the molecule is CN=C(NCc1nc(C(F)(F)F)cs1)NC1CCC(C)CC1.I. The fourth-order valence-electron chi connectivity index (χ4n) is 2.47. The molecular weight excluding hydrogens is 440 g/mol. The van der Waals surface area contributed by atoms with Crippen molar-refractivity contribution >= 4 is 41.3 Å². The van der Waals surface area contributed by atoms with E-state index in [-0.39, 0.29) is 30.5 Å². The van der Waals surface area contributed by atoms with Gasteiger partial charge in [-0.1, -0.05) is 6.92 Å². The molecule has 1 saturated carbocycles. The largest absolute Gasteiger partial charge is 0.434 e. The summed E-state index contributed by atoms with van der Waals surface area (Å²) in [5.74, 6) is 1.38. The minimum absolute atomic E-state index is 0. The number of rotatable bonds is 3. The van der Waals surface area contributed by atoms with Crippen LogP contribution in [0.15, 0.2) is 10.4 Å². The molecule has 0 amide bonds. The molecule has 0 aliphatic heterocycles. The van der Waals surface area contributed by atoms with Gasteiger partial charge in [0.1, 0.15) is 5.01 Å². The predicted molar refractivity (Wildman–Crippen MR) is 97.3 cm³/mol. The summed E-state index contributed by atoms with van der Waals surface area (Å²) in [5, 5.41) is 7.79. The van der Waals surface area contributed by atoms with Gasteiger partial charge in [-0.15, -0.1) is 35.3 Å². The van der Waals surface area contributed by atoms with E-state index in [0.717, 1.165) is 35.5 Å². The number of hydrogen-bond donors (Lipinski definition) is 2. The van der Waals surface area contributed by atoms with Gasteiger partial charge in [-0.05, 0) is 31.6 Å². The number of hydrogen-bond acceptors (Lipinski definition) is 3. The first-order valence-electron chi connectivity index (χ1n) is 7.37. The van der Waals surface area contributed by atoms with E-state index in [0.29, 0.717) is 17.0 Å². The molecule has 0 spiro atoms. The third-order valence-corrected chi connectivity index (χ3v) is 4.68. The molecule has 1 aromatic rings. The van der Waals surface area contributed by atoms with Crippen molar-refractivity contribution in [2.75, 3.05) is 7.05 Å². The van der Waals surface area contributed by atoms with Crippen molar-refractivity contribution in [1.82, 2.24) is 15.6 Å². The van der Waals surface area contributed by atoms with E-state index in [4.69, 9.17) is 0 Å². The van der Waals surface area contributed by atoms with Gasteiger partial charge in [0.15, 0.2) is 11.7 Å². The van der Waals surface area contributed by atoms with E-state index in [2.05, 4.69) is 27.5 Å². The second-order valence-electron chi connectivity index (χ2n) is 5.65. The summed E-state index contributed by atoms with van der Waals surface area (Å²) in [6.07, 6.45) is 0.189. The number of aliphatic imine (C=N–C) groups is 1. The molecule has 0 atom stereocenters. The van der Waals surface area contributed by atoms with E-state index < -0.39 is 11.9 Å². The Balaban J connectivity index is 0.00000264. The summed E-state index contributed by atoms with van der Waals surface area (Å²) >= 11 is 0.999. The van der Waals surface area contributed by atoms with E-state index in [1.54, 1.807) is 7.05 Å². The van der Waals surface area contributed by atoms with Crippen LogP contribution in [-0.4, -0.2) is 24.0 Å². The number of aromatic nitrogens is 1. The second kappa shape index (κ2) is 9.05. The van der Waals surface area contributed by atoms with E-state index >= 15 is 0 Å². The second-order valence-corrected chi connectivity index (χ2v) is 6.59. The maximum absolute atomic E-state index is 12.5. The zero-order valence-electron chi connectivity index (χ0n) is 13.1. The molecule has 4 nitrogen and oxygen atoms in total. The summed E-state index contributed by atoms with van der Waals surface area (Å²) in [6.45, 7) is 2.49. The molecule has 1 aliphatic rings. The molecule has 9 heteroatoms. The Bertz CT molecular complexity index is 510. The molecule has 0 unspecified atom stereocenters. The van der Waals surface area contributed by atoms with E-state index in [9.17, 15) is 13.2 Å². The Morgan fingerprint density at radius 1 is 1.35 bits per heavy atom. The minimum Gasteiger partial charge on any atom is -0.354 e. The van der Waals surface area contributed by atoms with Gasteiger partial charge >= 0.3 is 6.18 Å². The standard InChI is InChI=1S/C14H21F3N4S.HI/c1-9-3-5-10(6-4-9)20-13(18-2)19-7-12-21-11(8-22-12)14(15,16)17;/h8-10H,3-7H2,1-2H3,(H2,18,19,20);1H. The molecule has 23 heavy (non-hydrogen) atoms. The van der Waals surface area contributed by atoms with Gasteiger partial charge in [0.2, 0.25) is 0 Å². The molecule has 1 aliphatic carbocycles. The van der Waals surface area contributed by atoms with Crippen molar-refractivity contribution in [2.24, 2.45) is 10.9 Å². The summed E-state index contributed by atoms with van der Waals surface area (Å²) in [7, 11) is 1.66. The predicted octanol–water partition coefficient (Wildman–Crippen LogP) is 4.02. The number of guanidine groups is 1. The third kappa shape index (κ3) is 6.44. The molecule has 0 bridgehead atoms. The van der Waals surface area contributed by atoms with Gasteiger partial charge in [-0.3, -0.25) is 4.99 Å². The molecule has 1 fully saturated rings. The van der Waals surface area contributed by atoms with Crippen LogP contribution in [-0.2, 0) is 12.7 Å². The lowest BCUT2D eigenvalue weighted by Crippen LogP contribution is -2.44. The first-order valence-corrected chi connectivity index (χ1v) is 8.25. The molecule has 132 valence electrons. The number of nitrogens with zero attached hydrogens (tertiary/aromatic N) is 2. The Hall–Kier alpha value is -0.580. The van der Waals surface area contributed by atoms with Crippen molar-refractivity contribution in [1.29, 1.82) is 0 Å². The maximum atomic E-state index is 12.5. The third-order valence-electron chi connectivity index (χ3n) is 3.83. The van der Waals surface area contributed by atoms with Crippen molar-refractivity contribution in [3.05, 3.63) is 16.1 Å². The molecule has 2 rings (SSSR count). The Morgan fingerprint density at radius 2 is 2.00 bits per heavy atom. The molecule has 0 radical (unpaired) electrons. The molecule has 1 aromatic heterocycles. The first-order chi connectivity index (χ1) is 10.4. The average Bonchev–Trinajstić information content (AvgIpc) is 2.94. The summed E-state index contributed by atoms with van der Waals surface area (Å²) in [5.41, 5.74) is -0.835. The van der Waals surface area contributed by atoms with Gasteiger partial charge in [0.05, 0.1) is 6.54 Å². The summed E-state index contributed by atoms with van der Waals surface area (Å²) < 4.78 is 37.5. The monoisotopic (exact) mass is 462 g/mol. The van der Waals surface area contributed by atoms with Crippen LogP contribution in [0.3, 0.4) is 0 Å². The fourth-order valence-corrected chi connectivity index (χ4v) is 3.21. The van der Waals surface area contributed by atoms with Crippen LogP contribution >= 0.6 is 35.3 Å². The highest BCUT2D eigenvalue weighted by atomic mass is 127. The van der Waals surface area contributed by atoms with Crippen LogP contribution in [0.25, 0.3) is 0 Å². The number of halogens is 4. The van der Waals surface area contributed by atoms with Crippen LogP contribution < -0.4 is 10.6 Å². The van der Waals surface area contributed by atoms with Crippen LogP contribution in [0, 0.1) is 5.92 Å². The molecule has 0 saturated heterocycles. The van der Waals surface area contributed by atoms with Crippen LogP contribution in [0.1, 0.15) is 43.3 Å². The van der Waals surface area contributed by atoms with Gasteiger partial charge < -0.3 is 10.6 Å². The van der Waals surface area contributed by atoms with Crippen LogP contribution in [0.2, 0.25) is 0 Å². The van der Waals surface area contributed by atoms with Gasteiger partial charge in [-0.25, -0.2) is 4.98 Å². The topological polar surface area (TPSA) is 49.3 Å². The lowest BCUT2D eigenvalue weighted by molar-refractivity contribution is -0.140. The first kappa shape index (κ1) is 20.5. The number of nitrogens with one attached hydrogen (secondary N) is 2. The van der Waals surface area contributed by atoms with Crippen molar-refractivity contribution in [2.45, 2.75) is 51.4 Å². The quantitative estimate of drug-likeness (QED) is 0.406. The van der Waals surface area contributed by atoms with Crippen molar-refractivity contribution in [3.63, 3.8) is 0 Å². The van der Waals surface area contributed by atoms with Gasteiger partial charge in [0, 0.05) is 18.5 Å². The van der Waals surface area contributed by atoms with Gasteiger partial charge in [-0.2, -0.15) is 13.2 Å². The van der Waals surface area contributed by atoms with Crippen molar-refractivity contribution in [3.8, 4) is 0 Å². The summed E-state index contributed by atoms with van der Waals surface area (Å²) in [6, 6.07) is 0.379. The van der Waals surface area contributed by atoms with Crippen LogP contribution in [0.4, 0.5) is 13.2 Å². The highest BCUT2D eigenvalue weighted by Crippen LogP contribution is 2.30. The Morgan fingerprint density at radius 3 is 2.52 bits per heavy atom. The highest BCUT2D eigenvalue weighted by Gasteiger charge is 2.33. The van der Waals surface area contributed by atoms with Gasteiger partial charge in [0.25, 0.3) is 0 Å².